The number of nitrogens with one attached hydrogen (secondary N) is 2. The highest BCUT2D eigenvalue weighted by molar-refractivity contribution is 5.77. The van der Waals surface area contributed by atoms with Crippen molar-refractivity contribution < 1.29 is 4.79 Å². The molecule has 0 saturated carbocycles. The summed E-state index contributed by atoms with van der Waals surface area (Å²) in [5, 5.41) is 6.13. The number of aryl methyl sites for hydroxylation is 1. The minimum absolute atomic E-state index is 0.0654. The Bertz CT molecular complexity index is 540. The van der Waals surface area contributed by atoms with Crippen molar-refractivity contribution in [3.05, 3.63) is 71.8 Å². The summed E-state index contributed by atoms with van der Waals surface area (Å²) in [5.74, 6) is 0.0654. The molecule has 116 valence electrons. The molecule has 0 radical (unpaired) electrons. The molecule has 0 unspecified atom stereocenters. The first kappa shape index (κ1) is 16.2. The Morgan fingerprint density at radius 3 is 2.00 bits per heavy atom. The van der Waals surface area contributed by atoms with E-state index in [2.05, 4.69) is 47.0 Å². The average molecular weight is 296 g/mol. The molecule has 2 aromatic carbocycles. The molecule has 0 atom stereocenters. The highest BCUT2D eigenvalue weighted by atomic mass is 16.1. The zero-order valence-corrected chi connectivity index (χ0v) is 12.9. The van der Waals surface area contributed by atoms with Crippen LogP contribution in [-0.4, -0.2) is 25.5 Å². The van der Waals surface area contributed by atoms with Crippen molar-refractivity contribution in [3.63, 3.8) is 0 Å². The van der Waals surface area contributed by atoms with Crippen LogP contribution in [0.5, 0.6) is 0 Å². The zero-order valence-electron chi connectivity index (χ0n) is 12.9. The predicted octanol–water partition coefficient (Wildman–Crippen LogP) is 2.57. The Hall–Kier alpha value is -2.13. The molecule has 3 heteroatoms. The monoisotopic (exact) mass is 296 g/mol. The molecule has 0 aliphatic heterocycles. The topological polar surface area (TPSA) is 41.1 Å². The van der Waals surface area contributed by atoms with Gasteiger partial charge in [-0.25, -0.2) is 0 Å². The van der Waals surface area contributed by atoms with Crippen LogP contribution in [0.4, 0.5) is 0 Å². The van der Waals surface area contributed by atoms with E-state index in [1.165, 1.54) is 11.1 Å². The van der Waals surface area contributed by atoms with Crippen LogP contribution in [-0.2, 0) is 17.6 Å². The van der Waals surface area contributed by atoms with Gasteiger partial charge in [0.2, 0.25) is 5.91 Å². The van der Waals surface area contributed by atoms with Crippen LogP contribution in [0.15, 0.2) is 60.7 Å². The fourth-order valence-corrected chi connectivity index (χ4v) is 2.32. The van der Waals surface area contributed by atoms with Gasteiger partial charge in [0.25, 0.3) is 0 Å². The zero-order chi connectivity index (χ0) is 15.5. The molecule has 2 rings (SSSR count). The highest BCUT2D eigenvalue weighted by Crippen LogP contribution is 2.01. The maximum atomic E-state index is 11.7. The van der Waals surface area contributed by atoms with E-state index in [1.54, 1.807) is 0 Å². The molecule has 0 aliphatic carbocycles. The molecule has 0 aromatic heterocycles. The fourth-order valence-electron chi connectivity index (χ4n) is 2.32. The first-order valence-electron chi connectivity index (χ1n) is 7.90. The molecule has 1 amide bonds. The first-order chi connectivity index (χ1) is 10.8. The molecule has 0 heterocycles. The molecule has 2 N–H and O–H groups in total. The van der Waals surface area contributed by atoms with Crippen LogP contribution < -0.4 is 10.6 Å². The number of amides is 1. The lowest BCUT2D eigenvalue weighted by molar-refractivity contribution is -0.120. The molecule has 0 aliphatic rings. The molecule has 0 fully saturated rings. The van der Waals surface area contributed by atoms with Crippen molar-refractivity contribution in [3.8, 4) is 0 Å². The summed E-state index contributed by atoms with van der Waals surface area (Å²) in [7, 11) is 0. The quantitative estimate of drug-likeness (QED) is 0.698. The summed E-state index contributed by atoms with van der Waals surface area (Å²) < 4.78 is 0. The van der Waals surface area contributed by atoms with Crippen LogP contribution in [0.3, 0.4) is 0 Å². The van der Waals surface area contributed by atoms with Gasteiger partial charge in [-0.1, -0.05) is 60.7 Å². The van der Waals surface area contributed by atoms with Crippen LogP contribution >= 0.6 is 0 Å². The van der Waals surface area contributed by atoms with E-state index in [-0.39, 0.29) is 5.91 Å². The number of hydrogen-bond acceptors (Lipinski definition) is 2. The number of rotatable bonds is 9. The van der Waals surface area contributed by atoms with Gasteiger partial charge in [0, 0.05) is 6.54 Å². The normalized spacial score (nSPS) is 10.4. The van der Waals surface area contributed by atoms with Gasteiger partial charge in [-0.15, -0.1) is 0 Å². The van der Waals surface area contributed by atoms with Crippen molar-refractivity contribution >= 4 is 5.91 Å². The maximum Gasteiger partial charge on any atom is 0.233 e. The third-order valence-corrected chi connectivity index (χ3v) is 3.53. The summed E-state index contributed by atoms with van der Waals surface area (Å²) in [4.78, 5) is 11.7. The summed E-state index contributed by atoms with van der Waals surface area (Å²) in [6, 6.07) is 20.6. The van der Waals surface area contributed by atoms with E-state index in [9.17, 15) is 4.79 Å². The van der Waals surface area contributed by atoms with E-state index in [0.717, 1.165) is 25.8 Å². The van der Waals surface area contributed by atoms with Gasteiger partial charge >= 0.3 is 0 Å². The van der Waals surface area contributed by atoms with E-state index in [0.29, 0.717) is 13.1 Å². The van der Waals surface area contributed by atoms with Crippen LogP contribution in [0.25, 0.3) is 0 Å². The Morgan fingerprint density at radius 2 is 1.36 bits per heavy atom. The second kappa shape index (κ2) is 9.74. The van der Waals surface area contributed by atoms with Crippen LogP contribution in [0.1, 0.15) is 17.5 Å². The van der Waals surface area contributed by atoms with Gasteiger partial charge < -0.3 is 10.6 Å². The lowest BCUT2D eigenvalue weighted by Crippen LogP contribution is -2.35. The molecular weight excluding hydrogens is 272 g/mol. The van der Waals surface area contributed by atoms with Crippen molar-refractivity contribution in [1.29, 1.82) is 0 Å². The smallest absolute Gasteiger partial charge is 0.233 e. The van der Waals surface area contributed by atoms with Gasteiger partial charge in [0.15, 0.2) is 0 Å². The molecular formula is C19H24N2O. The molecule has 0 bridgehead atoms. The number of hydrogen-bond donors (Lipinski definition) is 2. The second-order valence-electron chi connectivity index (χ2n) is 5.35. The fraction of sp³-hybridized carbons (Fsp3) is 0.316. The maximum absolute atomic E-state index is 11.7. The summed E-state index contributed by atoms with van der Waals surface area (Å²) in [6.07, 6.45) is 2.96. The molecule has 0 saturated heterocycles. The van der Waals surface area contributed by atoms with Gasteiger partial charge in [0.1, 0.15) is 0 Å². The van der Waals surface area contributed by atoms with E-state index in [4.69, 9.17) is 0 Å². The highest BCUT2D eigenvalue weighted by Gasteiger charge is 2.00. The third kappa shape index (κ3) is 6.55. The van der Waals surface area contributed by atoms with E-state index in [1.807, 2.05) is 24.3 Å². The van der Waals surface area contributed by atoms with Gasteiger partial charge in [-0.3, -0.25) is 4.79 Å². The van der Waals surface area contributed by atoms with Crippen molar-refractivity contribution in [1.82, 2.24) is 10.6 Å². The molecule has 3 nitrogen and oxygen atoms in total. The van der Waals surface area contributed by atoms with Crippen molar-refractivity contribution in [2.24, 2.45) is 0 Å². The minimum Gasteiger partial charge on any atom is -0.355 e. The lowest BCUT2D eigenvalue weighted by Gasteiger charge is -2.07. The van der Waals surface area contributed by atoms with Gasteiger partial charge in [-0.2, -0.15) is 0 Å². The summed E-state index contributed by atoms with van der Waals surface area (Å²) in [6.45, 7) is 1.94. The number of carbonyl (C=O) groups excluding carboxylic acids is 1. The third-order valence-electron chi connectivity index (χ3n) is 3.53. The molecule has 22 heavy (non-hydrogen) atoms. The van der Waals surface area contributed by atoms with Gasteiger partial charge in [0.05, 0.1) is 6.54 Å². The minimum atomic E-state index is 0.0654. The lowest BCUT2D eigenvalue weighted by atomic mass is 10.1. The Labute approximate surface area is 132 Å². The van der Waals surface area contributed by atoms with Crippen LogP contribution in [0, 0.1) is 0 Å². The largest absolute Gasteiger partial charge is 0.355 e. The Balaban J connectivity index is 1.49. The Morgan fingerprint density at radius 1 is 0.773 bits per heavy atom. The first-order valence-corrected chi connectivity index (χ1v) is 7.90. The molecule has 0 spiro atoms. The van der Waals surface area contributed by atoms with E-state index >= 15 is 0 Å². The number of benzene rings is 2. The SMILES string of the molecule is O=C(CNCCCc1ccccc1)NCCc1ccccc1. The second-order valence-corrected chi connectivity index (χ2v) is 5.35. The van der Waals surface area contributed by atoms with Gasteiger partial charge in [-0.05, 0) is 36.9 Å². The van der Waals surface area contributed by atoms with Crippen molar-refractivity contribution in [2.75, 3.05) is 19.6 Å². The number of carbonyl (C=O) groups is 1. The van der Waals surface area contributed by atoms with Crippen molar-refractivity contribution in [2.45, 2.75) is 19.3 Å². The van der Waals surface area contributed by atoms with E-state index < -0.39 is 0 Å². The standard InChI is InChI=1S/C19H24N2O/c22-19(21-15-13-18-10-5-2-6-11-18)16-20-14-7-12-17-8-3-1-4-9-17/h1-6,8-11,20H,7,12-16H2,(H,21,22). The van der Waals surface area contributed by atoms with Crippen LogP contribution in [0.2, 0.25) is 0 Å². The molecule has 2 aromatic rings. The predicted molar refractivity (Wildman–Crippen MR) is 90.8 cm³/mol. The summed E-state index contributed by atoms with van der Waals surface area (Å²) in [5.41, 5.74) is 2.59. The Kier molecular flexibility index (Phi) is 7.19. The average Bonchev–Trinajstić information content (AvgIpc) is 2.56. The summed E-state index contributed by atoms with van der Waals surface area (Å²) >= 11 is 0.